The maximum Gasteiger partial charge on any atom is 0.220 e. The van der Waals surface area contributed by atoms with Gasteiger partial charge in [-0.1, -0.05) is 23.8 Å². The van der Waals surface area contributed by atoms with Crippen molar-refractivity contribution < 1.29 is 9.59 Å². The molecule has 1 N–H and O–H groups in total. The number of ketones is 1. The lowest BCUT2D eigenvalue weighted by Crippen LogP contribution is -2.26. The minimum absolute atomic E-state index is 0.0458. The highest BCUT2D eigenvalue weighted by Crippen LogP contribution is 2.10. The maximum atomic E-state index is 11.4. The minimum atomic E-state index is -0.0458. The van der Waals surface area contributed by atoms with Gasteiger partial charge in [0.2, 0.25) is 5.91 Å². The molecule has 0 aliphatic heterocycles. The molecule has 0 aliphatic rings. The molecule has 0 heterocycles. The van der Waals surface area contributed by atoms with Crippen molar-refractivity contribution in [3.05, 3.63) is 34.9 Å². The average Bonchev–Trinajstić information content (AvgIpc) is 2.31. The number of aryl methyl sites for hydroxylation is 2. The van der Waals surface area contributed by atoms with E-state index in [0.717, 1.165) is 6.42 Å². The van der Waals surface area contributed by atoms with E-state index >= 15 is 0 Å². The lowest BCUT2D eigenvalue weighted by molar-refractivity contribution is -0.124. The predicted octanol–water partition coefficient (Wildman–Crippen LogP) is 2.33. The monoisotopic (exact) mass is 247 g/mol. The Hall–Kier alpha value is -1.64. The number of nitrogens with one attached hydrogen (secondary N) is 1. The molecule has 1 amide bonds. The first-order valence-electron chi connectivity index (χ1n) is 6.31. The smallest absolute Gasteiger partial charge is 0.220 e. The summed E-state index contributed by atoms with van der Waals surface area (Å²) >= 11 is 0. The van der Waals surface area contributed by atoms with Gasteiger partial charge in [-0.3, -0.25) is 4.79 Å². The molecule has 0 fully saturated rings. The molecule has 0 bridgehead atoms. The average molecular weight is 247 g/mol. The van der Waals surface area contributed by atoms with Gasteiger partial charge >= 0.3 is 0 Å². The fraction of sp³-hybridized carbons (Fsp3) is 0.467. The van der Waals surface area contributed by atoms with E-state index in [1.165, 1.54) is 23.6 Å². The molecule has 0 saturated heterocycles. The zero-order chi connectivity index (χ0) is 13.5. The number of rotatable bonds is 6. The third-order valence-electron chi connectivity index (χ3n) is 2.93. The van der Waals surface area contributed by atoms with Crippen LogP contribution in [0.1, 0.15) is 36.5 Å². The first kappa shape index (κ1) is 14.4. The highest BCUT2D eigenvalue weighted by atomic mass is 16.2. The van der Waals surface area contributed by atoms with Gasteiger partial charge in [-0.05, 0) is 38.3 Å². The van der Waals surface area contributed by atoms with Crippen LogP contribution >= 0.6 is 0 Å². The van der Waals surface area contributed by atoms with Crippen LogP contribution in [-0.2, 0) is 16.0 Å². The summed E-state index contributed by atoms with van der Waals surface area (Å²) in [5.41, 5.74) is 3.75. The van der Waals surface area contributed by atoms with Crippen molar-refractivity contribution in [1.29, 1.82) is 0 Å². The molecule has 1 aromatic rings. The Labute approximate surface area is 109 Å². The van der Waals surface area contributed by atoms with Crippen molar-refractivity contribution in [3.8, 4) is 0 Å². The quantitative estimate of drug-likeness (QED) is 0.838. The number of Topliss-reactive ketones (excluding diaryl/α,β-unsaturated/α-hetero) is 1. The lowest BCUT2D eigenvalue weighted by Gasteiger charge is -2.08. The van der Waals surface area contributed by atoms with Gasteiger partial charge in [0.15, 0.2) is 0 Å². The number of hydrogen-bond acceptors (Lipinski definition) is 2. The molecule has 0 unspecified atom stereocenters. The maximum absolute atomic E-state index is 11.4. The van der Waals surface area contributed by atoms with Gasteiger partial charge in [0, 0.05) is 19.4 Å². The molecule has 18 heavy (non-hydrogen) atoms. The predicted molar refractivity (Wildman–Crippen MR) is 72.5 cm³/mol. The zero-order valence-corrected chi connectivity index (χ0v) is 11.4. The van der Waals surface area contributed by atoms with Gasteiger partial charge in [-0.15, -0.1) is 0 Å². The fourth-order valence-electron chi connectivity index (χ4n) is 1.78. The Morgan fingerprint density at radius 3 is 2.56 bits per heavy atom. The SMILES string of the molecule is CC(=O)CCC(=O)NCCc1cc(C)ccc1C. The van der Waals surface area contributed by atoms with Crippen LogP contribution in [0.15, 0.2) is 18.2 Å². The molecular weight excluding hydrogens is 226 g/mol. The Balaban J connectivity index is 2.35. The number of carbonyl (C=O) groups excluding carboxylic acids is 2. The third kappa shape index (κ3) is 5.13. The van der Waals surface area contributed by atoms with Gasteiger partial charge in [-0.2, -0.15) is 0 Å². The molecule has 3 nitrogen and oxygen atoms in total. The number of carbonyl (C=O) groups is 2. The summed E-state index contributed by atoms with van der Waals surface area (Å²) < 4.78 is 0. The van der Waals surface area contributed by atoms with Gasteiger partial charge in [0.05, 0.1) is 0 Å². The van der Waals surface area contributed by atoms with E-state index in [-0.39, 0.29) is 11.7 Å². The number of benzene rings is 1. The van der Waals surface area contributed by atoms with Crippen LogP contribution < -0.4 is 5.32 Å². The van der Waals surface area contributed by atoms with E-state index in [2.05, 4.69) is 37.4 Å². The second-order valence-corrected chi connectivity index (χ2v) is 4.73. The van der Waals surface area contributed by atoms with Crippen LogP contribution in [0, 0.1) is 13.8 Å². The van der Waals surface area contributed by atoms with Gasteiger partial charge < -0.3 is 10.1 Å². The summed E-state index contributed by atoms with van der Waals surface area (Å²) in [5, 5.41) is 2.84. The standard InChI is InChI=1S/C15H21NO2/c1-11-4-5-12(2)14(10-11)8-9-16-15(18)7-6-13(3)17/h4-5,10H,6-9H2,1-3H3,(H,16,18). The van der Waals surface area contributed by atoms with Crippen molar-refractivity contribution in [2.45, 2.75) is 40.0 Å². The summed E-state index contributed by atoms with van der Waals surface area (Å²) in [6, 6.07) is 6.34. The number of amides is 1. The van der Waals surface area contributed by atoms with Gasteiger partial charge in [0.25, 0.3) is 0 Å². The van der Waals surface area contributed by atoms with E-state index in [0.29, 0.717) is 19.4 Å². The second-order valence-electron chi connectivity index (χ2n) is 4.73. The van der Waals surface area contributed by atoms with Crippen molar-refractivity contribution in [1.82, 2.24) is 5.32 Å². The highest BCUT2D eigenvalue weighted by molar-refractivity contribution is 5.83. The molecule has 0 aromatic heterocycles. The summed E-state index contributed by atoms with van der Waals surface area (Å²) in [6.07, 6.45) is 1.46. The molecular formula is C15H21NO2. The molecule has 1 rings (SSSR count). The topological polar surface area (TPSA) is 46.2 Å². The Morgan fingerprint density at radius 1 is 1.17 bits per heavy atom. The molecule has 0 aliphatic carbocycles. The first-order chi connectivity index (χ1) is 8.49. The van der Waals surface area contributed by atoms with Crippen molar-refractivity contribution in [2.24, 2.45) is 0 Å². The van der Waals surface area contributed by atoms with Crippen LogP contribution in [0.2, 0.25) is 0 Å². The van der Waals surface area contributed by atoms with E-state index < -0.39 is 0 Å². The van der Waals surface area contributed by atoms with E-state index in [1.54, 1.807) is 0 Å². The molecule has 0 saturated carbocycles. The summed E-state index contributed by atoms with van der Waals surface area (Å²) in [5.74, 6) is 0.00943. The third-order valence-corrected chi connectivity index (χ3v) is 2.93. The molecule has 3 heteroatoms. The Bertz CT molecular complexity index is 438. The van der Waals surface area contributed by atoms with Gasteiger partial charge in [0.1, 0.15) is 5.78 Å². The molecule has 98 valence electrons. The summed E-state index contributed by atoms with van der Waals surface area (Å²) in [4.78, 5) is 22.2. The van der Waals surface area contributed by atoms with Crippen LogP contribution in [0.3, 0.4) is 0 Å². The Morgan fingerprint density at radius 2 is 1.89 bits per heavy atom. The molecule has 1 aromatic carbocycles. The van der Waals surface area contributed by atoms with Crippen LogP contribution in [0.4, 0.5) is 0 Å². The second kappa shape index (κ2) is 6.94. The summed E-state index contributed by atoms with van der Waals surface area (Å²) in [7, 11) is 0. The molecule has 0 atom stereocenters. The lowest BCUT2D eigenvalue weighted by atomic mass is 10.0. The van der Waals surface area contributed by atoms with Crippen LogP contribution in [0.25, 0.3) is 0 Å². The van der Waals surface area contributed by atoms with Crippen molar-refractivity contribution in [3.63, 3.8) is 0 Å². The zero-order valence-electron chi connectivity index (χ0n) is 11.4. The Kier molecular flexibility index (Phi) is 5.56. The highest BCUT2D eigenvalue weighted by Gasteiger charge is 2.04. The van der Waals surface area contributed by atoms with Crippen molar-refractivity contribution >= 4 is 11.7 Å². The molecule has 0 spiro atoms. The largest absolute Gasteiger partial charge is 0.356 e. The van der Waals surface area contributed by atoms with Gasteiger partial charge in [-0.25, -0.2) is 0 Å². The number of hydrogen-bond donors (Lipinski definition) is 1. The summed E-state index contributed by atoms with van der Waals surface area (Å²) in [6.45, 7) is 6.27. The molecule has 0 radical (unpaired) electrons. The first-order valence-corrected chi connectivity index (χ1v) is 6.31. The van der Waals surface area contributed by atoms with Crippen molar-refractivity contribution in [2.75, 3.05) is 6.54 Å². The van der Waals surface area contributed by atoms with E-state index in [1.807, 2.05) is 0 Å². The fourth-order valence-corrected chi connectivity index (χ4v) is 1.78. The van der Waals surface area contributed by atoms with E-state index in [9.17, 15) is 9.59 Å². The minimum Gasteiger partial charge on any atom is -0.356 e. The van der Waals surface area contributed by atoms with Crippen LogP contribution in [-0.4, -0.2) is 18.2 Å². The van der Waals surface area contributed by atoms with Crippen LogP contribution in [0.5, 0.6) is 0 Å². The normalized spacial score (nSPS) is 10.2. The van der Waals surface area contributed by atoms with E-state index in [4.69, 9.17) is 0 Å².